The van der Waals surface area contributed by atoms with Crippen LogP contribution < -0.4 is 10.6 Å². The fraction of sp³-hybridized carbons (Fsp3) is 0.111. The second-order valence-electron chi connectivity index (χ2n) is 5.53. The van der Waals surface area contributed by atoms with Crippen LogP contribution in [0.15, 0.2) is 57.3 Å². The molecule has 28 heavy (non-hydrogen) atoms. The molecular formula is C18H14BrFN4O2S2. The standard InChI is InChI=1S/C18H14BrFN4O2S2/c19-13-3-1-2-12(8-13)16(26)22-17-23-24-18(28-17)27-10-15(25)21-9-11-4-6-14(20)7-5-11/h1-8H,9-10H2,(H,21,25)(H,22,23,26). The predicted octanol–water partition coefficient (Wildman–Crippen LogP) is 4.10. The molecule has 0 atom stereocenters. The number of anilines is 1. The van der Waals surface area contributed by atoms with Crippen LogP contribution in [-0.4, -0.2) is 27.8 Å². The smallest absolute Gasteiger partial charge is 0.257 e. The van der Waals surface area contributed by atoms with Gasteiger partial charge in [0.2, 0.25) is 11.0 Å². The Labute approximate surface area is 177 Å². The Morgan fingerprint density at radius 3 is 2.68 bits per heavy atom. The molecule has 0 bridgehead atoms. The third-order valence-electron chi connectivity index (χ3n) is 3.44. The van der Waals surface area contributed by atoms with Crippen LogP contribution in [0.1, 0.15) is 15.9 Å². The first-order chi connectivity index (χ1) is 13.5. The van der Waals surface area contributed by atoms with Crippen LogP contribution in [-0.2, 0) is 11.3 Å². The zero-order valence-corrected chi connectivity index (χ0v) is 17.5. The molecule has 0 fully saturated rings. The maximum absolute atomic E-state index is 12.9. The summed E-state index contributed by atoms with van der Waals surface area (Å²) in [5.41, 5.74) is 1.31. The Kier molecular flexibility index (Phi) is 7.12. The van der Waals surface area contributed by atoms with Gasteiger partial charge < -0.3 is 5.32 Å². The van der Waals surface area contributed by atoms with Crippen molar-refractivity contribution in [3.63, 3.8) is 0 Å². The predicted molar refractivity (Wildman–Crippen MR) is 111 cm³/mol. The average molecular weight is 481 g/mol. The molecule has 144 valence electrons. The highest BCUT2D eigenvalue weighted by Crippen LogP contribution is 2.25. The first-order valence-corrected chi connectivity index (χ1v) is 10.6. The molecule has 0 saturated heterocycles. The Hall–Kier alpha value is -2.30. The van der Waals surface area contributed by atoms with Crippen LogP contribution in [0.2, 0.25) is 0 Å². The molecule has 2 amide bonds. The molecule has 3 rings (SSSR count). The number of hydrogen-bond donors (Lipinski definition) is 2. The molecule has 10 heteroatoms. The van der Waals surface area contributed by atoms with E-state index in [4.69, 9.17) is 0 Å². The first kappa shape index (κ1) is 20.4. The number of halogens is 2. The van der Waals surface area contributed by atoms with E-state index in [0.717, 1.165) is 10.0 Å². The Bertz CT molecular complexity index is 982. The number of aromatic nitrogens is 2. The molecule has 3 aromatic rings. The second kappa shape index (κ2) is 9.76. The number of nitrogens with one attached hydrogen (secondary N) is 2. The summed E-state index contributed by atoms with van der Waals surface area (Å²) in [6.07, 6.45) is 0. The summed E-state index contributed by atoms with van der Waals surface area (Å²) >= 11 is 5.74. The lowest BCUT2D eigenvalue weighted by Gasteiger charge is -2.04. The van der Waals surface area contributed by atoms with Crippen LogP contribution in [0, 0.1) is 5.82 Å². The van der Waals surface area contributed by atoms with Gasteiger partial charge in [-0.3, -0.25) is 14.9 Å². The molecule has 2 aromatic carbocycles. The molecule has 0 saturated carbocycles. The van der Waals surface area contributed by atoms with Crippen LogP contribution in [0.5, 0.6) is 0 Å². The van der Waals surface area contributed by atoms with Crippen molar-refractivity contribution in [1.29, 1.82) is 0 Å². The van der Waals surface area contributed by atoms with Gasteiger partial charge in [0.1, 0.15) is 5.82 Å². The van der Waals surface area contributed by atoms with Crippen molar-refractivity contribution in [3.8, 4) is 0 Å². The monoisotopic (exact) mass is 480 g/mol. The number of thioether (sulfide) groups is 1. The number of carbonyl (C=O) groups excluding carboxylic acids is 2. The van der Waals surface area contributed by atoms with E-state index in [-0.39, 0.29) is 23.4 Å². The van der Waals surface area contributed by atoms with Gasteiger partial charge in [0, 0.05) is 16.6 Å². The van der Waals surface area contributed by atoms with Gasteiger partial charge in [-0.25, -0.2) is 4.39 Å². The van der Waals surface area contributed by atoms with Crippen LogP contribution >= 0.6 is 39.0 Å². The molecule has 0 unspecified atom stereocenters. The molecule has 0 radical (unpaired) electrons. The van der Waals surface area contributed by atoms with Crippen molar-refractivity contribution in [2.45, 2.75) is 10.9 Å². The lowest BCUT2D eigenvalue weighted by molar-refractivity contribution is -0.118. The van der Waals surface area contributed by atoms with Crippen molar-refractivity contribution >= 4 is 56.0 Å². The van der Waals surface area contributed by atoms with E-state index in [1.165, 1.54) is 35.2 Å². The molecule has 0 aliphatic heterocycles. The number of benzene rings is 2. The molecule has 1 aromatic heterocycles. The van der Waals surface area contributed by atoms with E-state index in [9.17, 15) is 14.0 Å². The minimum absolute atomic E-state index is 0.162. The summed E-state index contributed by atoms with van der Waals surface area (Å²) in [6.45, 7) is 0.323. The number of rotatable bonds is 7. The Balaban J connectivity index is 1.45. The fourth-order valence-corrected chi connectivity index (χ4v) is 4.07. The van der Waals surface area contributed by atoms with Gasteiger partial charge >= 0.3 is 0 Å². The minimum Gasteiger partial charge on any atom is -0.351 e. The normalized spacial score (nSPS) is 10.5. The maximum atomic E-state index is 12.9. The van der Waals surface area contributed by atoms with Crippen molar-refractivity contribution in [2.24, 2.45) is 0 Å². The lowest BCUT2D eigenvalue weighted by atomic mass is 10.2. The van der Waals surface area contributed by atoms with Crippen molar-refractivity contribution in [1.82, 2.24) is 15.5 Å². The number of carbonyl (C=O) groups is 2. The summed E-state index contributed by atoms with van der Waals surface area (Å²) in [7, 11) is 0. The van der Waals surface area contributed by atoms with E-state index >= 15 is 0 Å². The van der Waals surface area contributed by atoms with E-state index in [0.29, 0.717) is 21.6 Å². The zero-order chi connectivity index (χ0) is 19.9. The van der Waals surface area contributed by atoms with E-state index in [1.54, 1.807) is 30.3 Å². The Morgan fingerprint density at radius 2 is 1.93 bits per heavy atom. The first-order valence-electron chi connectivity index (χ1n) is 8.04. The molecule has 1 heterocycles. The third-order valence-corrected chi connectivity index (χ3v) is 5.91. The van der Waals surface area contributed by atoms with Gasteiger partial charge in [-0.2, -0.15) is 0 Å². The van der Waals surface area contributed by atoms with Gasteiger partial charge in [0.15, 0.2) is 4.34 Å². The molecule has 6 nitrogen and oxygen atoms in total. The Morgan fingerprint density at radius 1 is 1.14 bits per heavy atom. The lowest BCUT2D eigenvalue weighted by Crippen LogP contribution is -2.24. The minimum atomic E-state index is -0.315. The highest BCUT2D eigenvalue weighted by molar-refractivity contribution is 9.10. The zero-order valence-electron chi connectivity index (χ0n) is 14.3. The molecule has 0 spiro atoms. The summed E-state index contributed by atoms with van der Waals surface area (Å²) in [4.78, 5) is 24.1. The summed E-state index contributed by atoms with van der Waals surface area (Å²) < 4.78 is 14.2. The fourth-order valence-electron chi connectivity index (χ4n) is 2.10. The largest absolute Gasteiger partial charge is 0.351 e. The van der Waals surface area contributed by atoms with Gasteiger partial charge in [-0.1, -0.05) is 57.2 Å². The van der Waals surface area contributed by atoms with Crippen molar-refractivity contribution in [2.75, 3.05) is 11.1 Å². The maximum Gasteiger partial charge on any atom is 0.257 e. The van der Waals surface area contributed by atoms with E-state index < -0.39 is 0 Å². The summed E-state index contributed by atoms with van der Waals surface area (Å²) in [5, 5.41) is 13.7. The van der Waals surface area contributed by atoms with Crippen LogP contribution in [0.4, 0.5) is 9.52 Å². The van der Waals surface area contributed by atoms with Crippen molar-refractivity contribution < 1.29 is 14.0 Å². The number of nitrogens with zero attached hydrogens (tertiary/aromatic N) is 2. The average Bonchev–Trinajstić information content (AvgIpc) is 3.13. The second-order valence-corrected chi connectivity index (χ2v) is 8.65. The van der Waals surface area contributed by atoms with Gasteiger partial charge in [0.25, 0.3) is 5.91 Å². The van der Waals surface area contributed by atoms with Gasteiger partial charge in [0.05, 0.1) is 5.75 Å². The molecule has 0 aliphatic rings. The third kappa shape index (κ3) is 6.11. The van der Waals surface area contributed by atoms with Gasteiger partial charge in [-0.15, -0.1) is 10.2 Å². The molecular weight excluding hydrogens is 467 g/mol. The van der Waals surface area contributed by atoms with E-state index in [1.807, 2.05) is 6.07 Å². The molecule has 0 aliphatic carbocycles. The van der Waals surface area contributed by atoms with Crippen LogP contribution in [0.25, 0.3) is 0 Å². The topological polar surface area (TPSA) is 84.0 Å². The van der Waals surface area contributed by atoms with Crippen LogP contribution in [0.3, 0.4) is 0 Å². The summed E-state index contributed by atoms with van der Waals surface area (Å²) in [5.74, 6) is -0.616. The summed E-state index contributed by atoms with van der Waals surface area (Å²) in [6, 6.07) is 12.9. The van der Waals surface area contributed by atoms with Crippen molar-refractivity contribution in [3.05, 3.63) is 69.9 Å². The number of amides is 2. The molecule has 2 N–H and O–H groups in total. The van der Waals surface area contributed by atoms with E-state index in [2.05, 4.69) is 36.8 Å². The highest BCUT2D eigenvalue weighted by Gasteiger charge is 2.12. The van der Waals surface area contributed by atoms with Gasteiger partial charge in [-0.05, 0) is 35.9 Å². The quantitative estimate of drug-likeness (QED) is 0.392. The highest BCUT2D eigenvalue weighted by atomic mass is 79.9. The SMILES string of the molecule is O=C(CSc1nnc(NC(=O)c2cccc(Br)c2)s1)NCc1ccc(F)cc1. The number of hydrogen-bond acceptors (Lipinski definition) is 6.